The molecule has 1 saturated carbocycles. The van der Waals surface area contributed by atoms with Gasteiger partial charge in [0.15, 0.2) is 0 Å². The van der Waals surface area contributed by atoms with Crippen molar-refractivity contribution in [3.63, 3.8) is 0 Å². The van der Waals surface area contributed by atoms with Crippen LogP contribution in [0, 0.1) is 11.2 Å². The van der Waals surface area contributed by atoms with Crippen LogP contribution in [0.1, 0.15) is 37.9 Å². The van der Waals surface area contributed by atoms with Crippen molar-refractivity contribution in [2.24, 2.45) is 5.41 Å². The number of halogens is 2. The van der Waals surface area contributed by atoms with E-state index in [0.29, 0.717) is 12.1 Å². The Labute approximate surface area is 128 Å². The SMILES string of the molecule is CC1(CNC(=O)NCC(O)c2ccc(Cl)c(F)c2)CCC1. The summed E-state index contributed by atoms with van der Waals surface area (Å²) in [6.45, 7) is 2.79. The number of aliphatic hydroxyl groups is 1. The van der Waals surface area contributed by atoms with Crippen molar-refractivity contribution in [1.82, 2.24) is 10.6 Å². The van der Waals surface area contributed by atoms with E-state index in [1.165, 1.54) is 24.6 Å². The highest BCUT2D eigenvalue weighted by atomic mass is 35.5. The Morgan fingerprint density at radius 1 is 1.48 bits per heavy atom. The third-order valence-corrected chi connectivity index (χ3v) is 4.33. The summed E-state index contributed by atoms with van der Waals surface area (Å²) in [5.41, 5.74) is 0.582. The minimum Gasteiger partial charge on any atom is -0.387 e. The van der Waals surface area contributed by atoms with Crippen molar-refractivity contribution < 1.29 is 14.3 Å². The van der Waals surface area contributed by atoms with E-state index in [9.17, 15) is 14.3 Å². The van der Waals surface area contributed by atoms with Gasteiger partial charge in [0.25, 0.3) is 0 Å². The second kappa shape index (κ2) is 6.62. The zero-order valence-electron chi connectivity index (χ0n) is 12.0. The van der Waals surface area contributed by atoms with Gasteiger partial charge in [0, 0.05) is 13.1 Å². The molecule has 1 unspecified atom stereocenters. The molecule has 1 aliphatic rings. The highest BCUT2D eigenvalue weighted by Gasteiger charge is 2.31. The molecule has 3 N–H and O–H groups in total. The van der Waals surface area contributed by atoms with E-state index in [4.69, 9.17) is 11.6 Å². The van der Waals surface area contributed by atoms with Crippen LogP contribution in [0.25, 0.3) is 0 Å². The molecule has 0 aromatic heterocycles. The van der Waals surface area contributed by atoms with Crippen LogP contribution in [0.15, 0.2) is 18.2 Å². The van der Waals surface area contributed by atoms with Gasteiger partial charge in [-0.3, -0.25) is 0 Å². The van der Waals surface area contributed by atoms with Crippen LogP contribution < -0.4 is 10.6 Å². The molecule has 0 bridgehead atoms. The second-order valence-corrected chi connectivity index (χ2v) is 6.32. The predicted octanol–water partition coefficient (Wildman–Crippen LogP) is 3.00. The molecule has 0 heterocycles. The summed E-state index contributed by atoms with van der Waals surface area (Å²) in [6, 6.07) is 3.76. The van der Waals surface area contributed by atoms with Gasteiger partial charge in [-0.15, -0.1) is 0 Å². The minimum absolute atomic E-state index is 0.00499. The molecular weight excluding hydrogens is 295 g/mol. The first-order valence-corrected chi connectivity index (χ1v) is 7.42. The normalized spacial score (nSPS) is 17.7. The summed E-state index contributed by atoms with van der Waals surface area (Å²) >= 11 is 5.58. The predicted molar refractivity (Wildman–Crippen MR) is 79.7 cm³/mol. The number of aliphatic hydroxyl groups excluding tert-OH is 1. The van der Waals surface area contributed by atoms with E-state index in [1.54, 1.807) is 0 Å². The average Bonchev–Trinajstić information content (AvgIpc) is 2.43. The van der Waals surface area contributed by atoms with Crippen LogP contribution in [0.2, 0.25) is 5.02 Å². The molecule has 6 heteroatoms. The molecule has 1 aromatic rings. The number of carbonyl (C=O) groups is 1. The molecule has 21 heavy (non-hydrogen) atoms. The fraction of sp³-hybridized carbons (Fsp3) is 0.533. The second-order valence-electron chi connectivity index (χ2n) is 5.92. The highest BCUT2D eigenvalue weighted by Crippen LogP contribution is 2.39. The zero-order valence-corrected chi connectivity index (χ0v) is 12.7. The van der Waals surface area contributed by atoms with Crippen LogP contribution >= 0.6 is 11.6 Å². The largest absolute Gasteiger partial charge is 0.387 e. The van der Waals surface area contributed by atoms with E-state index >= 15 is 0 Å². The Bertz CT molecular complexity index is 520. The van der Waals surface area contributed by atoms with E-state index in [1.807, 2.05) is 0 Å². The van der Waals surface area contributed by atoms with Crippen LogP contribution in [-0.2, 0) is 0 Å². The van der Waals surface area contributed by atoms with Gasteiger partial charge < -0.3 is 15.7 Å². The van der Waals surface area contributed by atoms with E-state index < -0.39 is 11.9 Å². The number of nitrogens with one attached hydrogen (secondary N) is 2. The highest BCUT2D eigenvalue weighted by molar-refractivity contribution is 6.30. The average molecular weight is 315 g/mol. The Kier molecular flexibility index (Phi) is 5.06. The number of rotatable bonds is 5. The summed E-state index contributed by atoms with van der Waals surface area (Å²) in [6.07, 6.45) is 2.49. The van der Waals surface area contributed by atoms with Gasteiger partial charge in [0.05, 0.1) is 11.1 Å². The lowest BCUT2D eigenvalue weighted by molar-refractivity contribution is 0.152. The van der Waals surface area contributed by atoms with Crippen molar-refractivity contribution in [3.05, 3.63) is 34.6 Å². The summed E-state index contributed by atoms with van der Waals surface area (Å²) in [4.78, 5) is 11.7. The summed E-state index contributed by atoms with van der Waals surface area (Å²) < 4.78 is 13.3. The molecule has 116 valence electrons. The number of carbonyl (C=O) groups excluding carboxylic acids is 1. The van der Waals surface area contributed by atoms with Crippen molar-refractivity contribution in [3.8, 4) is 0 Å². The fourth-order valence-electron chi connectivity index (χ4n) is 2.34. The van der Waals surface area contributed by atoms with Gasteiger partial charge in [-0.05, 0) is 36.0 Å². The van der Waals surface area contributed by atoms with Crippen molar-refractivity contribution in [2.45, 2.75) is 32.3 Å². The first kappa shape index (κ1) is 16.0. The van der Waals surface area contributed by atoms with E-state index in [-0.39, 0.29) is 23.0 Å². The number of hydrogen-bond donors (Lipinski definition) is 3. The molecule has 0 radical (unpaired) electrons. The van der Waals surface area contributed by atoms with Gasteiger partial charge >= 0.3 is 6.03 Å². The minimum atomic E-state index is -0.971. The first-order valence-electron chi connectivity index (χ1n) is 7.04. The lowest BCUT2D eigenvalue weighted by Gasteiger charge is -2.38. The number of amides is 2. The van der Waals surface area contributed by atoms with Crippen LogP contribution in [0.4, 0.5) is 9.18 Å². The molecule has 1 aliphatic carbocycles. The maximum absolute atomic E-state index is 13.3. The number of benzene rings is 1. The smallest absolute Gasteiger partial charge is 0.314 e. The van der Waals surface area contributed by atoms with Crippen molar-refractivity contribution in [2.75, 3.05) is 13.1 Å². The molecular formula is C15H20ClFN2O2. The molecule has 0 saturated heterocycles. The first-order chi connectivity index (χ1) is 9.89. The lowest BCUT2D eigenvalue weighted by Crippen LogP contribution is -2.45. The summed E-state index contributed by atoms with van der Waals surface area (Å²) in [7, 11) is 0. The van der Waals surface area contributed by atoms with Crippen molar-refractivity contribution in [1.29, 1.82) is 0 Å². The Hall–Kier alpha value is -1.33. The fourth-order valence-corrected chi connectivity index (χ4v) is 2.46. The monoisotopic (exact) mass is 314 g/mol. The van der Waals surface area contributed by atoms with Gasteiger partial charge in [-0.1, -0.05) is 31.0 Å². The molecule has 1 fully saturated rings. The lowest BCUT2D eigenvalue weighted by atomic mass is 9.70. The van der Waals surface area contributed by atoms with Gasteiger partial charge in [0.2, 0.25) is 0 Å². The molecule has 2 amide bonds. The topological polar surface area (TPSA) is 61.4 Å². The van der Waals surface area contributed by atoms with E-state index in [2.05, 4.69) is 17.6 Å². The molecule has 1 atom stereocenters. The Balaban J connectivity index is 1.76. The molecule has 0 spiro atoms. The Morgan fingerprint density at radius 3 is 2.76 bits per heavy atom. The number of hydrogen-bond acceptors (Lipinski definition) is 2. The quantitative estimate of drug-likeness (QED) is 0.782. The zero-order chi connectivity index (χ0) is 15.5. The van der Waals surface area contributed by atoms with Crippen molar-refractivity contribution >= 4 is 17.6 Å². The maximum atomic E-state index is 13.3. The Morgan fingerprint density at radius 2 is 2.19 bits per heavy atom. The van der Waals surface area contributed by atoms with E-state index in [0.717, 1.165) is 12.8 Å². The molecule has 2 rings (SSSR count). The standard InChI is InChI=1S/C15H20ClFN2O2/c1-15(5-2-6-15)9-19-14(21)18-8-13(20)10-3-4-11(16)12(17)7-10/h3-4,7,13,20H,2,5-6,8-9H2,1H3,(H2,18,19,21). The van der Waals surface area contributed by atoms with Crippen LogP contribution in [0.3, 0.4) is 0 Å². The molecule has 1 aromatic carbocycles. The molecule has 4 nitrogen and oxygen atoms in total. The van der Waals surface area contributed by atoms with Gasteiger partial charge in [0.1, 0.15) is 5.82 Å². The number of urea groups is 1. The van der Waals surface area contributed by atoms with Crippen LogP contribution in [0.5, 0.6) is 0 Å². The summed E-state index contributed by atoms with van der Waals surface area (Å²) in [5, 5.41) is 15.3. The summed E-state index contributed by atoms with van der Waals surface area (Å²) in [5.74, 6) is -0.587. The van der Waals surface area contributed by atoms with Gasteiger partial charge in [-0.2, -0.15) is 0 Å². The van der Waals surface area contributed by atoms with Crippen LogP contribution in [-0.4, -0.2) is 24.2 Å². The van der Waals surface area contributed by atoms with Gasteiger partial charge in [-0.25, -0.2) is 9.18 Å². The molecule has 0 aliphatic heterocycles. The third-order valence-electron chi connectivity index (χ3n) is 4.02. The maximum Gasteiger partial charge on any atom is 0.314 e. The third kappa shape index (κ3) is 4.32.